The van der Waals surface area contributed by atoms with E-state index in [1.165, 1.54) is 38.5 Å². The largest absolute Gasteiger partial charge is 0.314 e. The topological polar surface area (TPSA) is 42.7 Å². The Kier molecular flexibility index (Phi) is 6.02. The van der Waals surface area contributed by atoms with E-state index in [1.807, 2.05) is 0 Å². The van der Waals surface area contributed by atoms with Gasteiger partial charge < -0.3 is 5.32 Å². The minimum Gasteiger partial charge on any atom is -0.314 e. The third-order valence-corrected chi connectivity index (χ3v) is 4.40. The molecule has 0 aliphatic heterocycles. The van der Waals surface area contributed by atoms with Crippen LogP contribution in [0.15, 0.2) is 6.33 Å². The zero-order chi connectivity index (χ0) is 14.4. The van der Waals surface area contributed by atoms with E-state index in [4.69, 9.17) is 0 Å². The highest BCUT2D eigenvalue weighted by molar-refractivity contribution is 4.92. The van der Waals surface area contributed by atoms with Crippen LogP contribution in [-0.4, -0.2) is 27.4 Å². The lowest BCUT2D eigenvalue weighted by molar-refractivity contribution is 0.294. The first-order valence-electron chi connectivity index (χ1n) is 8.32. The minimum atomic E-state index is 0.393. The van der Waals surface area contributed by atoms with Crippen LogP contribution in [0.3, 0.4) is 0 Å². The molecule has 4 nitrogen and oxygen atoms in total. The maximum absolute atomic E-state index is 4.46. The average molecular weight is 278 g/mol. The van der Waals surface area contributed by atoms with Crippen molar-refractivity contribution in [3.63, 3.8) is 0 Å². The van der Waals surface area contributed by atoms with Crippen LogP contribution in [0.25, 0.3) is 0 Å². The zero-order valence-corrected chi connectivity index (χ0v) is 13.3. The molecule has 1 aliphatic carbocycles. The second-order valence-corrected chi connectivity index (χ2v) is 6.41. The number of aromatic nitrogens is 3. The van der Waals surface area contributed by atoms with E-state index in [-0.39, 0.29) is 0 Å². The molecule has 4 heteroatoms. The summed E-state index contributed by atoms with van der Waals surface area (Å²) >= 11 is 0. The fourth-order valence-corrected chi connectivity index (χ4v) is 3.42. The van der Waals surface area contributed by atoms with Crippen LogP contribution < -0.4 is 5.32 Å². The quantitative estimate of drug-likeness (QED) is 0.831. The van der Waals surface area contributed by atoms with Crippen molar-refractivity contribution in [3.8, 4) is 0 Å². The minimum absolute atomic E-state index is 0.393. The predicted molar refractivity (Wildman–Crippen MR) is 82.8 cm³/mol. The number of hydrogen-bond acceptors (Lipinski definition) is 3. The summed E-state index contributed by atoms with van der Waals surface area (Å²) in [7, 11) is 0. The Labute approximate surface area is 123 Å². The highest BCUT2D eigenvalue weighted by Crippen LogP contribution is 2.28. The molecule has 0 spiro atoms. The lowest BCUT2D eigenvalue weighted by Crippen LogP contribution is -2.34. The number of nitrogens with one attached hydrogen (secondary N) is 1. The number of rotatable bonds is 7. The van der Waals surface area contributed by atoms with Crippen molar-refractivity contribution in [2.45, 2.75) is 77.8 Å². The molecule has 0 radical (unpaired) electrons. The number of hydrogen-bond donors (Lipinski definition) is 1. The van der Waals surface area contributed by atoms with E-state index >= 15 is 0 Å². The maximum atomic E-state index is 4.46. The van der Waals surface area contributed by atoms with Gasteiger partial charge in [-0.25, -0.2) is 9.67 Å². The molecular weight excluding hydrogens is 248 g/mol. The Morgan fingerprint density at radius 2 is 2.05 bits per heavy atom. The molecule has 0 saturated heterocycles. The summed E-state index contributed by atoms with van der Waals surface area (Å²) < 4.78 is 2.06. The van der Waals surface area contributed by atoms with E-state index in [0.717, 1.165) is 24.7 Å². The fourth-order valence-electron chi connectivity index (χ4n) is 3.42. The van der Waals surface area contributed by atoms with Crippen LogP contribution >= 0.6 is 0 Å². The Bertz CT molecular complexity index is 380. The third-order valence-electron chi connectivity index (χ3n) is 4.40. The fraction of sp³-hybridized carbons (Fsp3) is 0.875. The smallest absolute Gasteiger partial charge is 0.138 e. The van der Waals surface area contributed by atoms with Crippen LogP contribution in [0.2, 0.25) is 0 Å². The first kappa shape index (κ1) is 15.5. The summed E-state index contributed by atoms with van der Waals surface area (Å²) in [5.41, 5.74) is 0. The van der Waals surface area contributed by atoms with Crippen LogP contribution in [0.4, 0.5) is 0 Å². The van der Waals surface area contributed by atoms with Crippen molar-refractivity contribution in [3.05, 3.63) is 12.2 Å². The summed E-state index contributed by atoms with van der Waals surface area (Å²) in [6.07, 6.45) is 11.1. The van der Waals surface area contributed by atoms with Gasteiger partial charge in [0.15, 0.2) is 0 Å². The summed E-state index contributed by atoms with van der Waals surface area (Å²) in [6.45, 7) is 7.57. The maximum Gasteiger partial charge on any atom is 0.138 e. The number of nitrogens with zero attached hydrogens (tertiary/aromatic N) is 3. The monoisotopic (exact) mass is 278 g/mol. The van der Waals surface area contributed by atoms with Crippen LogP contribution in [0.5, 0.6) is 0 Å². The SMILES string of the molecule is CCNC(Cc1ncnn1C(C)C)CC1CCCCC1. The van der Waals surface area contributed by atoms with Crippen molar-refractivity contribution in [1.82, 2.24) is 20.1 Å². The summed E-state index contributed by atoms with van der Waals surface area (Å²) in [4.78, 5) is 4.46. The molecule has 20 heavy (non-hydrogen) atoms. The van der Waals surface area contributed by atoms with Crippen molar-refractivity contribution >= 4 is 0 Å². The second kappa shape index (κ2) is 7.77. The first-order valence-corrected chi connectivity index (χ1v) is 8.32. The van der Waals surface area contributed by atoms with Gasteiger partial charge >= 0.3 is 0 Å². The van der Waals surface area contributed by atoms with Gasteiger partial charge in [-0.3, -0.25) is 0 Å². The van der Waals surface area contributed by atoms with Crippen LogP contribution in [-0.2, 0) is 6.42 Å². The van der Waals surface area contributed by atoms with Crippen molar-refractivity contribution in [2.24, 2.45) is 5.92 Å². The van der Waals surface area contributed by atoms with E-state index < -0.39 is 0 Å². The molecule has 1 fully saturated rings. The third kappa shape index (κ3) is 4.30. The van der Waals surface area contributed by atoms with E-state index in [9.17, 15) is 0 Å². The van der Waals surface area contributed by atoms with Gasteiger partial charge in [-0.05, 0) is 32.7 Å². The normalized spacial score (nSPS) is 18.6. The Hall–Kier alpha value is -0.900. The van der Waals surface area contributed by atoms with Crippen LogP contribution in [0.1, 0.15) is 71.2 Å². The lowest BCUT2D eigenvalue weighted by Gasteiger charge is -2.27. The molecule has 1 saturated carbocycles. The summed E-state index contributed by atoms with van der Waals surface area (Å²) in [6, 6.07) is 0.939. The van der Waals surface area contributed by atoms with E-state index in [1.54, 1.807) is 6.33 Å². The van der Waals surface area contributed by atoms with Crippen molar-refractivity contribution in [2.75, 3.05) is 6.54 Å². The average Bonchev–Trinajstić information content (AvgIpc) is 2.88. The van der Waals surface area contributed by atoms with Gasteiger partial charge in [0.2, 0.25) is 0 Å². The molecule has 114 valence electrons. The highest BCUT2D eigenvalue weighted by atomic mass is 15.3. The van der Waals surface area contributed by atoms with Gasteiger partial charge in [-0.1, -0.05) is 39.0 Å². The molecule has 1 unspecified atom stereocenters. The van der Waals surface area contributed by atoms with E-state index in [2.05, 4.69) is 40.9 Å². The van der Waals surface area contributed by atoms with Gasteiger partial charge in [-0.15, -0.1) is 0 Å². The molecule has 2 rings (SSSR count). The number of likely N-dealkylation sites (N-methyl/N-ethyl adjacent to an activating group) is 1. The molecule has 1 atom stereocenters. The summed E-state index contributed by atoms with van der Waals surface area (Å²) in [5, 5.41) is 8.01. The Balaban J connectivity index is 1.95. The molecule has 1 aromatic heterocycles. The van der Waals surface area contributed by atoms with Gasteiger partial charge in [0.25, 0.3) is 0 Å². The van der Waals surface area contributed by atoms with Gasteiger partial charge in [-0.2, -0.15) is 5.10 Å². The lowest BCUT2D eigenvalue weighted by atomic mass is 9.84. The molecule has 1 N–H and O–H groups in total. The second-order valence-electron chi connectivity index (χ2n) is 6.41. The van der Waals surface area contributed by atoms with Gasteiger partial charge in [0, 0.05) is 18.5 Å². The van der Waals surface area contributed by atoms with Gasteiger partial charge in [0.1, 0.15) is 12.2 Å². The molecule has 1 aliphatic rings. The molecular formula is C16H30N4. The predicted octanol–water partition coefficient (Wildman–Crippen LogP) is 3.35. The Morgan fingerprint density at radius 3 is 2.70 bits per heavy atom. The standard InChI is InChI=1S/C16H30N4/c1-4-17-15(10-14-8-6-5-7-9-14)11-16-18-12-19-20(16)13(2)3/h12-15,17H,4-11H2,1-3H3. The van der Waals surface area contributed by atoms with Crippen molar-refractivity contribution < 1.29 is 0 Å². The van der Waals surface area contributed by atoms with Gasteiger partial charge in [0.05, 0.1) is 0 Å². The molecule has 0 aromatic carbocycles. The Morgan fingerprint density at radius 1 is 1.30 bits per heavy atom. The molecule has 1 heterocycles. The first-order chi connectivity index (χ1) is 9.70. The van der Waals surface area contributed by atoms with Crippen molar-refractivity contribution in [1.29, 1.82) is 0 Å². The zero-order valence-electron chi connectivity index (χ0n) is 13.3. The summed E-state index contributed by atoms with van der Waals surface area (Å²) in [5.74, 6) is 2.03. The highest BCUT2D eigenvalue weighted by Gasteiger charge is 2.20. The molecule has 1 aromatic rings. The molecule has 0 bridgehead atoms. The molecule has 0 amide bonds. The van der Waals surface area contributed by atoms with E-state index in [0.29, 0.717) is 12.1 Å². The van der Waals surface area contributed by atoms with Crippen LogP contribution in [0, 0.1) is 5.92 Å².